The topological polar surface area (TPSA) is 59.5 Å². The lowest BCUT2D eigenvalue weighted by Crippen LogP contribution is -2.16. The van der Waals surface area contributed by atoms with Gasteiger partial charge in [0.1, 0.15) is 0 Å². The van der Waals surface area contributed by atoms with Crippen LogP contribution in [-0.2, 0) is 6.54 Å². The summed E-state index contributed by atoms with van der Waals surface area (Å²) in [5.74, 6) is 0.475. The van der Waals surface area contributed by atoms with Gasteiger partial charge in [-0.1, -0.05) is 13.8 Å². The van der Waals surface area contributed by atoms with Crippen molar-refractivity contribution in [2.45, 2.75) is 34.2 Å². The van der Waals surface area contributed by atoms with Crippen LogP contribution in [0, 0.1) is 19.8 Å². The first-order chi connectivity index (χ1) is 9.99. The van der Waals surface area contributed by atoms with Crippen LogP contribution < -0.4 is 5.43 Å². The Bertz CT molecular complexity index is 637. The van der Waals surface area contributed by atoms with E-state index in [1.165, 1.54) is 12.0 Å². The molecule has 0 fully saturated rings. The van der Waals surface area contributed by atoms with Crippen LogP contribution >= 0.6 is 0 Å². The highest BCUT2D eigenvalue weighted by Gasteiger charge is 2.09. The Hall–Kier alpha value is -2.30. The Labute approximate surface area is 124 Å². The third-order valence-corrected chi connectivity index (χ3v) is 3.28. The molecule has 0 spiro atoms. The first-order valence-electron chi connectivity index (χ1n) is 7.02. The van der Waals surface area contributed by atoms with Crippen LogP contribution in [0.15, 0.2) is 34.0 Å². The second-order valence-electron chi connectivity index (χ2n) is 5.51. The van der Waals surface area contributed by atoms with Crippen molar-refractivity contribution in [3.63, 3.8) is 0 Å². The van der Waals surface area contributed by atoms with Crippen LogP contribution in [0.3, 0.4) is 0 Å². The maximum absolute atomic E-state index is 11.7. The highest BCUT2D eigenvalue weighted by molar-refractivity contribution is 5.92. The van der Waals surface area contributed by atoms with Gasteiger partial charge in [-0.05, 0) is 38.0 Å². The summed E-state index contributed by atoms with van der Waals surface area (Å²) < 4.78 is 7.26. The van der Waals surface area contributed by atoms with Gasteiger partial charge in [0.25, 0.3) is 0 Å². The molecule has 2 aromatic heterocycles. The molecule has 112 valence electrons. The predicted octanol–water partition coefficient (Wildman–Crippen LogP) is 3.12. The predicted molar refractivity (Wildman–Crippen MR) is 82.5 cm³/mol. The second kappa shape index (κ2) is 6.43. The van der Waals surface area contributed by atoms with Crippen LogP contribution in [0.4, 0.5) is 0 Å². The molecule has 2 rings (SSSR count). The molecule has 0 bridgehead atoms. The Morgan fingerprint density at radius 1 is 1.48 bits per heavy atom. The summed E-state index contributed by atoms with van der Waals surface area (Å²) in [6.45, 7) is 9.50. The van der Waals surface area contributed by atoms with E-state index in [4.69, 9.17) is 4.42 Å². The number of hydrogen-bond donors (Lipinski definition) is 1. The van der Waals surface area contributed by atoms with Gasteiger partial charge in [-0.3, -0.25) is 4.79 Å². The molecule has 0 unspecified atom stereocenters. The number of hydrazone groups is 1. The fraction of sp³-hybridized carbons (Fsp3) is 0.375. The molecular formula is C16H21N3O2. The zero-order valence-corrected chi connectivity index (χ0v) is 12.9. The number of aromatic nitrogens is 1. The number of nitrogens with zero attached hydrogens (tertiary/aromatic N) is 2. The number of furan rings is 1. The van der Waals surface area contributed by atoms with E-state index in [0.29, 0.717) is 5.92 Å². The normalized spacial score (nSPS) is 11.5. The van der Waals surface area contributed by atoms with Gasteiger partial charge in [0.05, 0.1) is 12.5 Å². The van der Waals surface area contributed by atoms with Gasteiger partial charge in [0, 0.05) is 23.5 Å². The summed E-state index contributed by atoms with van der Waals surface area (Å²) in [7, 11) is 0. The van der Waals surface area contributed by atoms with Gasteiger partial charge in [0.15, 0.2) is 5.76 Å². The van der Waals surface area contributed by atoms with Crippen LogP contribution in [0.2, 0.25) is 0 Å². The molecule has 2 aromatic rings. The maximum atomic E-state index is 11.7. The van der Waals surface area contributed by atoms with Gasteiger partial charge in [-0.15, -0.1) is 0 Å². The lowest BCUT2D eigenvalue weighted by molar-refractivity contribution is 0.0927. The van der Waals surface area contributed by atoms with E-state index >= 15 is 0 Å². The Morgan fingerprint density at radius 3 is 2.86 bits per heavy atom. The third-order valence-electron chi connectivity index (χ3n) is 3.28. The molecule has 5 nitrogen and oxygen atoms in total. The third kappa shape index (κ3) is 3.62. The Kier molecular flexibility index (Phi) is 4.62. The van der Waals surface area contributed by atoms with Gasteiger partial charge >= 0.3 is 5.91 Å². The number of hydrogen-bond acceptors (Lipinski definition) is 3. The monoisotopic (exact) mass is 287 g/mol. The molecule has 0 aromatic carbocycles. The first kappa shape index (κ1) is 15.1. The molecule has 0 saturated heterocycles. The van der Waals surface area contributed by atoms with Crippen molar-refractivity contribution in [3.8, 4) is 0 Å². The summed E-state index contributed by atoms with van der Waals surface area (Å²) in [4.78, 5) is 11.7. The molecule has 2 heterocycles. The molecule has 0 aliphatic carbocycles. The highest BCUT2D eigenvalue weighted by atomic mass is 16.3. The first-order valence-corrected chi connectivity index (χ1v) is 7.02. The van der Waals surface area contributed by atoms with Crippen molar-refractivity contribution in [2.75, 3.05) is 0 Å². The average molecular weight is 287 g/mol. The van der Waals surface area contributed by atoms with Gasteiger partial charge in [0.2, 0.25) is 0 Å². The Balaban J connectivity index is 2.06. The molecule has 0 radical (unpaired) electrons. The lowest BCUT2D eigenvalue weighted by Gasteiger charge is -2.11. The van der Waals surface area contributed by atoms with E-state index in [1.807, 2.05) is 0 Å². The fourth-order valence-corrected chi connectivity index (χ4v) is 2.23. The molecule has 0 aliphatic rings. The van der Waals surface area contributed by atoms with Crippen molar-refractivity contribution >= 4 is 12.1 Å². The van der Waals surface area contributed by atoms with Crippen LogP contribution in [0.5, 0.6) is 0 Å². The number of carbonyl (C=O) groups excluding carboxylic acids is 1. The van der Waals surface area contributed by atoms with E-state index in [1.54, 1.807) is 18.3 Å². The Morgan fingerprint density at radius 2 is 2.24 bits per heavy atom. The average Bonchev–Trinajstić information content (AvgIpc) is 3.03. The van der Waals surface area contributed by atoms with Gasteiger partial charge in [-0.2, -0.15) is 5.10 Å². The zero-order valence-electron chi connectivity index (χ0n) is 12.9. The van der Waals surface area contributed by atoms with Crippen LogP contribution in [0.25, 0.3) is 0 Å². The summed E-state index contributed by atoms with van der Waals surface area (Å²) >= 11 is 0. The second-order valence-corrected chi connectivity index (χ2v) is 5.51. The van der Waals surface area contributed by atoms with Crippen molar-refractivity contribution in [1.82, 2.24) is 9.99 Å². The lowest BCUT2D eigenvalue weighted by atomic mass is 10.2. The minimum absolute atomic E-state index is 0.248. The van der Waals surface area contributed by atoms with Crippen molar-refractivity contribution in [1.29, 1.82) is 0 Å². The molecule has 0 saturated carbocycles. The highest BCUT2D eigenvalue weighted by Crippen LogP contribution is 2.15. The molecule has 5 heteroatoms. The largest absolute Gasteiger partial charge is 0.459 e. The summed E-state index contributed by atoms with van der Waals surface area (Å²) in [5.41, 5.74) is 5.81. The smallest absolute Gasteiger partial charge is 0.307 e. The van der Waals surface area contributed by atoms with Crippen molar-refractivity contribution in [3.05, 3.63) is 47.2 Å². The van der Waals surface area contributed by atoms with Gasteiger partial charge in [-0.25, -0.2) is 5.43 Å². The van der Waals surface area contributed by atoms with Crippen molar-refractivity contribution in [2.24, 2.45) is 11.0 Å². The minimum atomic E-state index is -0.354. The number of aryl methyl sites for hydroxylation is 1. The SMILES string of the molecule is Cc1cc(/C=N\NC(=O)c2ccco2)c(C)n1CC(C)C. The number of nitrogens with one attached hydrogen (secondary N) is 1. The molecule has 0 aliphatic heterocycles. The summed E-state index contributed by atoms with van der Waals surface area (Å²) in [5, 5.41) is 3.99. The summed E-state index contributed by atoms with van der Waals surface area (Å²) in [6, 6.07) is 5.33. The zero-order chi connectivity index (χ0) is 15.4. The van der Waals surface area contributed by atoms with Crippen molar-refractivity contribution < 1.29 is 9.21 Å². The quantitative estimate of drug-likeness (QED) is 0.678. The van der Waals surface area contributed by atoms with Crippen LogP contribution in [0.1, 0.15) is 41.4 Å². The van der Waals surface area contributed by atoms with Crippen LogP contribution in [-0.4, -0.2) is 16.7 Å². The van der Waals surface area contributed by atoms with E-state index in [0.717, 1.165) is 17.8 Å². The standard InChI is InChI=1S/C16H21N3O2/c1-11(2)10-19-12(3)8-14(13(19)4)9-17-18-16(20)15-6-5-7-21-15/h5-9,11H,10H2,1-4H3,(H,18,20)/b17-9-. The number of amides is 1. The molecule has 21 heavy (non-hydrogen) atoms. The van der Waals surface area contributed by atoms with E-state index in [9.17, 15) is 4.79 Å². The van der Waals surface area contributed by atoms with E-state index < -0.39 is 0 Å². The van der Waals surface area contributed by atoms with E-state index in [-0.39, 0.29) is 11.7 Å². The minimum Gasteiger partial charge on any atom is -0.459 e. The molecular weight excluding hydrogens is 266 g/mol. The summed E-state index contributed by atoms with van der Waals surface area (Å²) in [6.07, 6.45) is 3.12. The molecule has 0 atom stereocenters. The molecule has 1 amide bonds. The van der Waals surface area contributed by atoms with E-state index in [2.05, 4.69) is 48.9 Å². The van der Waals surface area contributed by atoms with Gasteiger partial charge < -0.3 is 8.98 Å². The molecule has 1 N–H and O–H groups in total. The fourth-order valence-electron chi connectivity index (χ4n) is 2.23. The maximum Gasteiger partial charge on any atom is 0.307 e. The number of rotatable bonds is 5. The number of carbonyl (C=O) groups is 1.